The van der Waals surface area contributed by atoms with Crippen LogP contribution in [-0.4, -0.2) is 41.9 Å². The summed E-state index contributed by atoms with van der Waals surface area (Å²) < 4.78 is 0. The maximum atomic E-state index is 11.6. The minimum Gasteiger partial charge on any atom is -0.339 e. The topological polar surface area (TPSA) is 47.3 Å². The monoisotopic (exact) mass is 311 g/mol. The summed E-state index contributed by atoms with van der Waals surface area (Å²) in [6, 6.07) is 7.51. The van der Waals surface area contributed by atoms with Gasteiger partial charge in [-0.1, -0.05) is 35.3 Å². The number of amides is 1. The molecular formula is C14H15Cl2N3O. The van der Waals surface area contributed by atoms with Gasteiger partial charge in [-0.2, -0.15) is 5.26 Å². The molecule has 1 aliphatic heterocycles. The Bertz CT molecular complexity index is 534. The van der Waals surface area contributed by atoms with E-state index in [1.54, 1.807) is 11.0 Å². The Labute approximate surface area is 128 Å². The van der Waals surface area contributed by atoms with E-state index in [-0.39, 0.29) is 12.3 Å². The molecule has 0 radical (unpaired) electrons. The molecule has 1 aromatic carbocycles. The van der Waals surface area contributed by atoms with Crippen LogP contribution in [0.4, 0.5) is 0 Å². The zero-order valence-electron chi connectivity index (χ0n) is 11.0. The molecule has 0 aliphatic carbocycles. The van der Waals surface area contributed by atoms with Gasteiger partial charge in [0, 0.05) is 32.7 Å². The Balaban J connectivity index is 1.90. The Hall–Kier alpha value is -1.28. The maximum Gasteiger partial charge on any atom is 0.236 e. The van der Waals surface area contributed by atoms with Crippen molar-refractivity contribution in [2.45, 2.75) is 13.0 Å². The number of hydrogen-bond acceptors (Lipinski definition) is 3. The van der Waals surface area contributed by atoms with Gasteiger partial charge in [-0.05, 0) is 11.6 Å². The van der Waals surface area contributed by atoms with Gasteiger partial charge < -0.3 is 4.90 Å². The average molecular weight is 312 g/mol. The van der Waals surface area contributed by atoms with Crippen LogP contribution in [0.3, 0.4) is 0 Å². The second-order valence-electron chi connectivity index (χ2n) is 4.70. The highest BCUT2D eigenvalue weighted by molar-refractivity contribution is 6.42. The van der Waals surface area contributed by atoms with Crippen LogP contribution in [-0.2, 0) is 11.3 Å². The van der Waals surface area contributed by atoms with Crippen molar-refractivity contribution in [3.8, 4) is 6.07 Å². The first-order chi connectivity index (χ1) is 9.61. The van der Waals surface area contributed by atoms with E-state index in [9.17, 15) is 4.79 Å². The second kappa shape index (κ2) is 6.94. The lowest BCUT2D eigenvalue weighted by molar-refractivity contribution is -0.131. The second-order valence-corrected chi connectivity index (χ2v) is 5.49. The van der Waals surface area contributed by atoms with Crippen LogP contribution < -0.4 is 0 Å². The number of carbonyl (C=O) groups is 1. The molecule has 1 aromatic rings. The highest BCUT2D eigenvalue weighted by Crippen LogP contribution is 2.26. The lowest BCUT2D eigenvalue weighted by Gasteiger charge is -2.34. The van der Waals surface area contributed by atoms with Crippen molar-refractivity contribution in [2.75, 3.05) is 26.2 Å². The molecule has 6 heteroatoms. The number of hydrogen-bond donors (Lipinski definition) is 0. The van der Waals surface area contributed by atoms with Crippen LogP contribution in [0.5, 0.6) is 0 Å². The van der Waals surface area contributed by atoms with Crippen LogP contribution in [0.25, 0.3) is 0 Å². The summed E-state index contributed by atoms with van der Waals surface area (Å²) in [4.78, 5) is 15.6. The van der Waals surface area contributed by atoms with Crippen molar-refractivity contribution in [2.24, 2.45) is 0 Å². The summed E-state index contributed by atoms with van der Waals surface area (Å²) >= 11 is 12.2. The Morgan fingerprint density at radius 3 is 2.60 bits per heavy atom. The van der Waals surface area contributed by atoms with Gasteiger partial charge in [-0.3, -0.25) is 9.69 Å². The quantitative estimate of drug-likeness (QED) is 0.862. The fraction of sp³-hybridized carbons (Fsp3) is 0.429. The van der Waals surface area contributed by atoms with Crippen LogP contribution >= 0.6 is 23.2 Å². The SMILES string of the molecule is N#CCC(=O)N1CCN(Cc2cccc(Cl)c2Cl)CC1. The third-order valence-corrected chi connectivity index (χ3v) is 4.24. The number of benzene rings is 1. The van der Waals surface area contributed by atoms with E-state index >= 15 is 0 Å². The summed E-state index contributed by atoms with van der Waals surface area (Å²) in [5, 5.41) is 9.69. The molecule has 0 unspecified atom stereocenters. The third-order valence-electron chi connectivity index (χ3n) is 3.38. The molecule has 4 nitrogen and oxygen atoms in total. The average Bonchev–Trinajstić information content (AvgIpc) is 2.45. The van der Waals surface area contributed by atoms with Crippen LogP contribution in [0.1, 0.15) is 12.0 Å². The van der Waals surface area contributed by atoms with E-state index in [1.165, 1.54) is 0 Å². The lowest BCUT2D eigenvalue weighted by atomic mass is 10.2. The molecule has 20 heavy (non-hydrogen) atoms. The Morgan fingerprint density at radius 2 is 1.95 bits per heavy atom. The number of nitriles is 1. The molecule has 0 aromatic heterocycles. The predicted molar refractivity (Wildman–Crippen MR) is 78.5 cm³/mol. The van der Waals surface area contributed by atoms with E-state index in [4.69, 9.17) is 28.5 Å². The van der Waals surface area contributed by atoms with Gasteiger partial charge in [0.05, 0.1) is 16.1 Å². The summed E-state index contributed by atoms with van der Waals surface area (Å²) in [6.45, 7) is 3.58. The van der Waals surface area contributed by atoms with Gasteiger partial charge in [-0.25, -0.2) is 0 Å². The predicted octanol–water partition coefficient (Wildman–Crippen LogP) is 2.55. The molecule has 0 spiro atoms. The molecule has 1 fully saturated rings. The fourth-order valence-corrected chi connectivity index (χ4v) is 2.63. The van der Waals surface area contributed by atoms with E-state index < -0.39 is 0 Å². The van der Waals surface area contributed by atoms with E-state index in [0.717, 1.165) is 25.2 Å². The molecule has 1 heterocycles. The van der Waals surface area contributed by atoms with Crippen LogP contribution in [0.2, 0.25) is 10.0 Å². The first-order valence-corrected chi connectivity index (χ1v) is 7.17. The van der Waals surface area contributed by atoms with Crippen molar-refractivity contribution in [1.29, 1.82) is 5.26 Å². The van der Waals surface area contributed by atoms with Crippen LogP contribution in [0.15, 0.2) is 18.2 Å². The summed E-state index contributed by atoms with van der Waals surface area (Å²) in [7, 11) is 0. The normalized spacial score (nSPS) is 15.9. The standard InChI is InChI=1S/C14H15Cl2N3O/c15-12-3-1-2-11(14(12)16)10-18-6-8-19(9-7-18)13(20)4-5-17/h1-3H,4,6-10H2. The summed E-state index contributed by atoms with van der Waals surface area (Å²) in [6.07, 6.45) is -0.0415. The minimum absolute atomic E-state index is 0.0415. The van der Waals surface area contributed by atoms with Gasteiger partial charge in [0.15, 0.2) is 0 Å². The molecule has 106 valence electrons. The highest BCUT2D eigenvalue weighted by Gasteiger charge is 2.21. The lowest BCUT2D eigenvalue weighted by Crippen LogP contribution is -2.48. The van der Waals surface area contributed by atoms with Crippen molar-refractivity contribution in [1.82, 2.24) is 9.80 Å². The largest absolute Gasteiger partial charge is 0.339 e. The van der Waals surface area contributed by atoms with Crippen molar-refractivity contribution in [3.05, 3.63) is 33.8 Å². The van der Waals surface area contributed by atoms with Crippen LogP contribution in [0, 0.1) is 11.3 Å². The van der Waals surface area contributed by atoms with Gasteiger partial charge in [0.25, 0.3) is 0 Å². The third kappa shape index (κ3) is 3.63. The molecule has 1 aliphatic rings. The van der Waals surface area contributed by atoms with E-state index in [0.29, 0.717) is 23.1 Å². The fourth-order valence-electron chi connectivity index (χ4n) is 2.25. The number of rotatable bonds is 3. The highest BCUT2D eigenvalue weighted by atomic mass is 35.5. The molecule has 0 saturated carbocycles. The van der Waals surface area contributed by atoms with Crippen molar-refractivity contribution >= 4 is 29.1 Å². The number of nitrogens with zero attached hydrogens (tertiary/aromatic N) is 3. The van der Waals surface area contributed by atoms with Gasteiger partial charge in [0.2, 0.25) is 5.91 Å². The molecular weight excluding hydrogens is 297 g/mol. The van der Waals surface area contributed by atoms with E-state index in [1.807, 2.05) is 18.2 Å². The Kier molecular flexibility index (Phi) is 5.24. The molecule has 2 rings (SSSR count). The number of carbonyl (C=O) groups excluding carboxylic acids is 1. The molecule has 1 amide bonds. The molecule has 1 saturated heterocycles. The van der Waals surface area contributed by atoms with Crippen molar-refractivity contribution in [3.63, 3.8) is 0 Å². The molecule has 0 bridgehead atoms. The minimum atomic E-state index is -0.0899. The van der Waals surface area contributed by atoms with Gasteiger partial charge in [0.1, 0.15) is 6.42 Å². The smallest absolute Gasteiger partial charge is 0.236 e. The molecule has 0 N–H and O–H groups in total. The summed E-state index contributed by atoms with van der Waals surface area (Å²) in [5.74, 6) is -0.0899. The number of halogens is 2. The van der Waals surface area contributed by atoms with Gasteiger partial charge in [-0.15, -0.1) is 0 Å². The Morgan fingerprint density at radius 1 is 1.25 bits per heavy atom. The zero-order valence-corrected chi connectivity index (χ0v) is 12.5. The maximum absolute atomic E-state index is 11.6. The zero-order chi connectivity index (χ0) is 14.5. The van der Waals surface area contributed by atoms with Crippen molar-refractivity contribution < 1.29 is 4.79 Å². The summed E-state index contributed by atoms with van der Waals surface area (Å²) in [5.41, 5.74) is 0.996. The number of piperazine rings is 1. The van der Waals surface area contributed by atoms with Gasteiger partial charge >= 0.3 is 0 Å². The first-order valence-electron chi connectivity index (χ1n) is 6.42. The molecule has 0 atom stereocenters. The van der Waals surface area contributed by atoms with E-state index in [2.05, 4.69) is 4.90 Å². The first kappa shape index (κ1) is 15.1.